The first-order chi connectivity index (χ1) is 12.3. The Morgan fingerprint density at radius 1 is 1.19 bits per heavy atom. The van der Waals surface area contributed by atoms with Crippen molar-refractivity contribution in [1.29, 1.82) is 0 Å². The number of aliphatic imine (C=N–C) groups is 1. The first-order valence-corrected chi connectivity index (χ1v) is 8.34. The van der Waals surface area contributed by atoms with Gasteiger partial charge in [-0.15, -0.1) is 0 Å². The predicted octanol–water partition coefficient (Wildman–Crippen LogP) is 1.76. The number of benzene rings is 1. The summed E-state index contributed by atoms with van der Waals surface area (Å²) < 4.78 is 7.26. The van der Waals surface area contributed by atoms with Crippen LogP contribution in [0.5, 0.6) is 0 Å². The van der Waals surface area contributed by atoms with Crippen molar-refractivity contribution in [2.45, 2.75) is 12.8 Å². The molecule has 1 aromatic carbocycles. The van der Waals surface area contributed by atoms with Gasteiger partial charge in [-0.05, 0) is 18.6 Å². The van der Waals surface area contributed by atoms with Crippen LogP contribution in [0.2, 0.25) is 5.02 Å². The van der Waals surface area contributed by atoms with Gasteiger partial charge in [-0.3, -0.25) is 18.7 Å². The highest BCUT2D eigenvalue weighted by atomic mass is 35.5. The van der Waals surface area contributed by atoms with E-state index in [4.69, 9.17) is 16.3 Å². The summed E-state index contributed by atoms with van der Waals surface area (Å²) in [5.41, 5.74) is 0.329. The number of esters is 1. The van der Waals surface area contributed by atoms with Crippen LogP contribution in [0.3, 0.4) is 0 Å². The van der Waals surface area contributed by atoms with Crippen molar-refractivity contribution < 1.29 is 9.53 Å². The van der Waals surface area contributed by atoms with Gasteiger partial charge < -0.3 is 4.74 Å². The molecule has 7 nitrogen and oxygen atoms in total. The molecule has 2 heterocycles. The molecule has 1 aromatic heterocycles. The molecule has 0 fully saturated rings. The Hall–Kier alpha value is -2.67. The summed E-state index contributed by atoms with van der Waals surface area (Å²) in [5, 5.41) is 0.419. The van der Waals surface area contributed by atoms with Crippen LogP contribution in [0.1, 0.15) is 24.0 Å². The van der Waals surface area contributed by atoms with Gasteiger partial charge in [-0.2, -0.15) is 0 Å². The third kappa shape index (κ3) is 2.59. The molecule has 2 unspecified atom stereocenters. The van der Waals surface area contributed by atoms with E-state index in [1.54, 1.807) is 38.2 Å². The van der Waals surface area contributed by atoms with Gasteiger partial charge in [0.05, 0.1) is 12.7 Å². The lowest BCUT2D eigenvalue weighted by Crippen LogP contribution is -2.44. The normalized spacial score (nSPS) is 18.9. The average molecular weight is 376 g/mol. The second kappa shape index (κ2) is 6.57. The molecule has 3 rings (SSSR count). The van der Waals surface area contributed by atoms with Gasteiger partial charge in [-0.1, -0.05) is 29.8 Å². The second-order valence-electron chi connectivity index (χ2n) is 6.20. The van der Waals surface area contributed by atoms with Crippen molar-refractivity contribution in [2.24, 2.45) is 25.0 Å². The molecule has 0 amide bonds. The molecule has 0 saturated heterocycles. The average Bonchev–Trinajstić information content (AvgIpc) is 2.63. The molecule has 0 bridgehead atoms. The monoisotopic (exact) mass is 375 g/mol. The Kier molecular flexibility index (Phi) is 4.58. The number of halogens is 1. The Bertz CT molecular complexity index is 1050. The van der Waals surface area contributed by atoms with Crippen LogP contribution < -0.4 is 11.2 Å². The molecular formula is C18H18ClN3O4. The highest BCUT2D eigenvalue weighted by Gasteiger charge is 2.42. The smallest absolute Gasteiger partial charge is 0.332 e. The van der Waals surface area contributed by atoms with Crippen molar-refractivity contribution in [1.82, 2.24) is 9.13 Å². The molecule has 8 heteroatoms. The van der Waals surface area contributed by atoms with E-state index in [0.717, 1.165) is 4.57 Å². The van der Waals surface area contributed by atoms with Gasteiger partial charge in [-0.25, -0.2) is 9.79 Å². The first kappa shape index (κ1) is 18.1. The number of ether oxygens (including phenoxy) is 1. The van der Waals surface area contributed by atoms with Crippen molar-refractivity contribution in [2.75, 3.05) is 7.11 Å². The number of carbonyl (C=O) groups excluding carboxylic acids is 1. The minimum atomic E-state index is -0.808. The molecule has 0 N–H and O–H groups in total. The van der Waals surface area contributed by atoms with E-state index in [1.165, 1.54) is 18.7 Å². The predicted molar refractivity (Wildman–Crippen MR) is 98.5 cm³/mol. The van der Waals surface area contributed by atoms with Crippen LogP contribution in [0.25, 0.3) is 0 Å². The van der Waals surface area contributed by atoms with Gasteiger partial charge in [0, 0.05) is 30.7 Å². The molecule has 136 valence electrons. The van der Waals surface area contributed by atoms with E-state index in [1.807, 2.05) is 0 Å². The van der Waals surface area contributed by atoms with E-state index >= 15 is 0 Å². The van der Waals surface area contributed by atoms with E-state index in [-0.39, 0.29) is 11.4 Å². The summed E-state index contributed by atoms with van der Waals surface area (Å²) in [6.07, 6.45) is 0. The number of methoxy groups -OCH3 is 1. The molecule has 0 saturated carbocycles. The molecule has 1 aliphatic rings. The molecule has 0 spiro atoms. The molecule has 0 aliphatic carbocycles. The van der Waals surface area contributed by atoms with Crippen LogP contribution in [0.4, 0.5) is 5.82 Å². The number of nitrogens with zero attached hydrogens (tertiary/aromatic N) is 3. The zero-order valence-corrected chi connectivity index (χ0v) is 15.6. The standard InChI is InChI=1S/C18H18ClN3O4/c1-9-12(17(24)26-4)13(10-7-5-6-8-11(10)19)14-15(20-9)21(2)18(25)22(3)16(14)23/h5-8,12-13H,1-4H3. The fraction of sp³-hybridized carbons (Fsp3) is 0.333. The largest absolute Gasteiger partial charge is 0.468 e. The zero-order valence-electron chi connectivity index (χ0n) is 14.8. The lowest BCUT2D eigenvalue weighted by Gasteiger charge is -2.31. The Balaban J connectivity index is 2.45. The number of aromatic nitrogens is 2. The van der Waals surface area contributed by atoms with E-state index in [0.29, 0.717) is 16.3 Å². The summed E-state index contributed by atoms with van der Waals surface area (Å²) in [4.78, 5) is 42.1. The number of hydrogen-bond acceptors (Lipinski definition) is 5. The highest BCUT2D eigenvalue weighted by Crippen LogP contribution is 2.42. The van der Waals surface area contributed by atoms with Crippen molar-refractivity contribution in [3.8, 4) is 0 Å². The van der Waals surface area contributed by atoms with Crippen LogP contribution in [-0.4, -0.2) is 27.9 Å². The fourth-order valence-corrected chi connectivity index (χ4v) is 3.66. The molecule has 0 radical (unpaired) electrons. The lowest BCUT2D eigenvalue weighted by atomic mass is 9.77. The van der Waals surface area contributed by atoms with Gasteiger partial charge in [0.2, 0.25) is 0 Å². The molecule has 2 aromatic rings. The van der Waals surface area contributed by atoms with E-state index in [2.05, 4.69) is 4.99 Å². The maximum Gasteiger partial charge on any atom is 0.332 e. The van der Waals surface area contributed by atoms with Crippen LogP contribution in [-0.2, 0) is 23.6 Å². The third-order valence-corrected chi connectivity index (χ3v) is 5.08. The maximum atomic E-state index is 12.9. The van der Waals surface area contributed by atoms with Gasteiger partial charge in [0.25, 0.3) is 5.56 Å². The topological polar surface area (TPSA) is 82.7 Å². The summed E-state index contributed by atoms with van der Waals surface area (Å²) >= 11 is 6.38. The number of fused-ring (bicyclic) bond motifs is 1. The lowest BCUT2D eigenvalue weighted by molar-refractivity contribution is -0.143. The van der Waals surface area contributed by atoms with Gasteiger partial charge >= 0.3 is 11.7 Å². The highest BCUT2D eigenvalue weighted by molar-refractivity contribution is 6.31. The quantitative estimate of drug-likeness (QED) is 0.749. The molecular weight excluding hydrogens is 358 g/mol. The van der Waals surface area contributed by atoms with E-state index < -0.39 is 29.1 Å². The van der Waals surface area contributed by atoms with Crippen molar-refractivity contribution >= 4 is 29.1 Å². The van der Waals surface area contributed by atoms with Gasteiger partial charge in [0.15, 0.2) is 0 Å². The maximum absolute atomic E-state index is 12.9. The number of hydrogen-bond donors (Lipinski definition) is 0. The van der Waals surface area contributed by atoms with Crippen LogP contribution >= 0.6 is 11.6 Å². The van der Waals surface area contributed by atoms with E-state index in [9.17, 15) is 14.4 Å². The molecule has 1 aliphatic heterocycles. The Labute approximate surface area is 154 Å². The van der Waals surface area contributed by atoms with Crippen LogP contribution in [0, 0.1) is 5.92 Å². The SMILES string of the molecule is COC(=O)C1C(C)=Nc2c(c(=O)n(C)c(=O)n2C)C1c1ccccc1Cl. The number of carbonyl (C=O) groups is 1. The summed E-state index contributed by atoms with van der Waals surface area (Å²) in [6, 6.07) is 7.00. The minimum Gasteiger partial charge on any atom is -0.468 e. The summed E-state index contributed by atoms with van der Waals surface area (Å²) in [5.74, 6) is -1.79. The Morgan fingerprint density at radius 3 is 2.46 bits per heavy atom. The summed E-state index contributed by atoms with van der Waals surface area (Å²) in [7, 11) is 4.22. The van der Waals surface area contributed by atoms with Crippen molar-refractivity contribution in [3.05, 3.63) is 61.3 Å². The van der Waals surface area contributed by atoms with Crippen LogP contribution in [0.15, 0.2) is 38.8 Å². The molecule has 2 atom stereocenters. The first-order valence-electron chi connectivity index (χ1n) is 7.97. The minimum absolute atomic E-state index is 0.237. The fourth-order valence-electron chi connectivity index (χ4n) is 3.41. The Morgan fingerprint density at radius 2 is 1.85 bits per heavy atom. The van der Waals surface area contributed by atoms with Gasteiger partial charge in [0.1, 0.15) is 11.7 Å². The second-order valence-corrected chi connectivity index (χ2v) is 6.60. The van der Waals surface area contributed by atoms with Crippen molar-refractivity contribution in [3.63, 3.8) is 0 Å². The molecule has 26 heavy (non-hydrogen) atoms. The number of rotatable bonds is 2. The summed E-state index contributed by atoms with van der Waals surface area (Å²) in [6.45, 7) is 1.68. The zero-order chi connectivity index (χ0) is 19.2. The third-order valence-electron chi connectivity index (χ3n) is 4.74.